The first-order chi connectivity index (χ1) is 20.0. The summed E-state index contributed by atoms with van der Waals surface area (Å²) in [5, 5.41) is 21.2. The van der Waals surface area contributed by atoms with Crippen LogP contribution in [0.25, 0.3) is 11.2 Å². The fraction of sp³-hybridized carbons (Fsp3) is 0.320. The van der Waals surface area contributed by atoms with Gasteiger partial charge in [0, 0.05) is 11.8 Å². The van der Waals surface area contributed by atoms with Gasteiger partial charge in [0.1, 0.15) is 40.9 Å². The molecule has 2 aromatic heterocycles. The van der Waals surface area contributed by atoms with E-state index in [0.29, 0.717) is 11.5 Å². The minimum absolute atomic E-state index is 0.0414. The number of aliphatic hydroxyl groups excluding tert-OH is 2. The van der Waals surface area contributed by atoms with Gasteiger partial charge in [-0.2, -0.15) is 0 Å². The van der Waals surface area contributed by atoms with Crippen LogP contribution in [0.15, 0.2) is 61.2 Å². The number of ether oxygens (including phenoxy) is 2. The van der Waals surface area contributed by atoms with E-state index in [4.69, 9.17) is 40.6 Å². The van der Waals surface area contributed by atoms with E-state index >= 15 is 4.39 Å². The van der Waals surface area contributed by atoms with E-state index < -0.39 is 44.2 Å². The van der Waals surface area contributed by atoms with Crippen LogP contribution >= 0.6 is 6.72 Å². The molecule has 0 amide bonds. The summed E-state index contributed by atoms with van der Waals surface area (Å²) >= 11 is 5.50. The molecule has 0 saturated heterocycles. The van der Waals surface area contributed by atoms with E-state index in [0.717, 1.165) is 17.2 Å². The molecule has 0 saturated carbocycles. The topological polar surface area (TPSA) is 156 Å². The van der Waals surface area contributed by atoms with Gasteiger partial charge in [0.05, 0.1) is 33.1 Å². The highest BCUT2D eigenvalue weighted by Crippen LogP contribution is 2.51. The predicted molar refractivity (Wildman–Crippen MR) is 149 cm³/mol. The van der Waals surface area contributed by atoms with Crippen molar-refractivity contribution in [3.63, 3.8) is 0 Å². The second-order valence-corrected chi connectivity index (χ2v) is 11.6. The quantitative estimate of drug-likeness (QED) is 0.173. The summed E-state index contributed by atoms with van der Waals surface area (Å²) in [6, 6.07) is 12.3. The third kappa shape index (κ3) is 7.20. The molecule has 0 aliphatic rings. The number of nitrogens with two attached hydrogens (primary N) is 1. The van der Waals surface area contributed by atoms with Gasteiger partial charge in [0.15, 0.2) is 23.9 Å². The van der Waals surface area contributed by atoms with Crippen molar-refractivity contribution >= 4 is 35.5 Å². The van der Waals surface area contributed by atoms with Gasteiger partial charge < -0.3 is 34.5 Å². The zero-order valence-electron chi connectivity index (χ0n) is 22.2. The Morgan fingerprint density at radius 3 is 1.90 bits per heavy atom. The van der Waals surface area contributed by atoms with Crippen LogP contribution in [0.1, 0.15) is 6.23 Å². The second-order valence-electron chi connectivity index (χ2n) is 8.71. The normalized spacial score (nSPS) is 14.8. The first kappa shape index (κ1) is 31.3. The van der Waals surface area contributed by atoms with Crippen molar-refractivity contribution in [3.8, 4) is 23.0 Å². The fourth-order valence-electron chi connectivity index (χ4n) is 3.73. The highest BCUT2D eigenvalue weighted by atomic mass is 32.5. The number of imidazole rings is 1. The lowest BCUT2D eigenvalue weighted by Crippen LogP contribution is -2.42. The maximum absolute atomic E-state index is 15.3. The number of fused-ring (bicyclic) bond motifs is 1. The SMILES string of the molecule is COc1ccc(OP(=S)(OCC(C(F)F)C(O)C(F)C(O)n2cnc3c(N)ncnc32)Oc2ccc(OC)cc2)cc1. The third-order valence-electron chi connectivity index (χ3n) is 6.02. The maximum atomic E-state index is 15.3. The number of aromatic nitrogens is 4. The van der Waals surface area contributed by atoms with Crippen LogP contribution in [0.4, 0.5) is 19.0 Å². The molecule has 4 rings (SSSR count). The summed E-state index contributed by atoms with van der Waals surface area (Å²) in [6.45, 7) is -4.90. The largest absolute Gasteiger partial charge is 0.497 e. The van der Waals surface area contributed by atoms with Crippen LogP contribution in [0.5, 0.6) is 23.0 Å². The van der Waals surface area contributed by atoms with Crippen molar-refractivity contribution < 1.29 is 46.4 Å². The summed E-state index contributed by atoms with van der Waals surface area (Å²) in [6.07, 6.45) is -8.46. The summed E-state index contributed by atoms with van der Waals surface area (Å²) in [5.74, 6) is -0.824. The lowest BCUT2D eigenvalue weighted by Gasteiger charge is -2.30. The molecule has 0 aliphatic heterocycles. The van der Waals surface area contributed by atoms with Crippen molar-refractivity contribution in [1.82, 2.24) is 19.5 Å². The van der Waals surface area contributed by atoms with Crippen LogP contribution in [0.3, 0.4) is 0 Å². The van der Waals surface area contributed by atoms with Crippen molar-refractivity contribution in [2.75, 3.05) is 26.6 Å². The number of methoxy groups -OCH3 is 2. The number of hydrogen-bond acceptors (Lipinski definition) is 12. The molecule has 12 nitrogen and oxygen atoms in total. The number of hydrogen-bond donors (Lipinski definition) is 3. The van der Waals surface area contributed by atoms with Crippen LogP contribution in [-0.2, 0) is 16.3 Å². The van der Waals surface area contributed by atoms with Gasteiger partial charge in [-0.15, -0.1) is 0 Å². The molecule has 0 radical (unpaired) electrons. The first-order valence-electron chi connectivity index (χ1n) is 12.2. The molecule has 2 heterocycles. The number of nitrogen functional groups attached to an aromatic ring is 1. The summed E-state index contributed by atoms with van der Waals surface area (Å²) in [4.78, 5) is 11.5. The first-order valence-corrected chi connectivity index (χ1v) is 14.7. The molecule has 17 heteroatoms. The standard InChI is InChI=1S/C25H27F3N5O7PS/c1-36-14-3-7-16(8-4-14)39-41(42,40-17-9-5-15(37-2)6-10-17)38-11-18(22(27)28)21(34)19(26)25(35)33-13-32-20-23(29)30-12-31-24(20)33/h3-10,12-13,18-19,21-22,25,34-35H,11H2,1-2H3,(H2,29,30,31). The molecule has 0 aliphatic carbocycles. The molecule has 2 aromatic carbocycles. The average Bonchev–Trinajstić information content (AvgIpc) is 3.42. The fourth-order valence-corrected chi connectivity index (χ4v) is 5.69. The smallest absolute Gasteiger partial charge is 0.434 e. The maximum Gasteiger partial charge on any atom is 0.434 e. The van der Waals surface area contributed by atoms with E-state index in [1.165, 1.54) is 38.5 Å². The van der Waals surface area contributed by atoms with Gasteiger partial charge in [0.25, 0.3) is 0 Å². The highest BCUT2D eigenvalue weighted by molar-refractivity contribution is 8.07. The van der Waals surface area contributed by atoms with E-state index in [2.05, 4.69) is 15.0 Å². The van der Waals surface area contributed by atoms with Crippen molar-refractivity contribution in [1.29, 1.82) is 0 Å². The molecule has 0 fully saturated rings. The van der Waals surface area contributed by atoms with Gasteiger partial charge in [-0.3, -0.25) is 9.09 Å². The highest BCUT2D eigenvalue weighted by Gasteiger charge is 2.41. The Kier molecular flexibility index (Phi) is 10.1. The number of rotatable bonds is 14. The number of halogens is 3. The lowest BCUT2D eigenvalue weighted by molar-refractivity contribution is -0.106. The Morgan fingerprint density at radius 1 is 0.881 bits per heavy atom. The zero-order valence-corrected chi connectivity index (χ0v) is 23.9. The van der Waals surface area contributed by atoms with Crippen LogP contribution in [0, 0.1) is 5.92 Å². The molecule has 4 N–H and O–H groups in total. The van der Waals surface area contributed by atoms with Crippen LogP contribution in [0.2, 0.25) is 0 Å². The van der Waals surface area contributed by atoms with Gasteiger partial charge in [-0.05, 0) is 48.5 Å². The minimum atomic E-state index is -3.91. The third-order valence-corrected chi connectivity index (χ3v) is 8.12. The number of alkyl halides is 3. The van der Waals surface area contributed by atoms with Gasteiger partial charge in [-0.25, -0.2) is 28.1 Å². The van der Waals surface area contributed by atoms with E-state index in [9.17, 15) is 19.0 Å². The molecule has 4 aromatic rings. The molecule has 0 bridgehead atoms. The van der Waals surface area contributed by atoms with E-state index in [-0.39, 0.29) is 28.5 Å². The molecular formula is C25H27F3N5O7PS. The summed E-state index contributed by atoms with van der Waals surface area (Å²) in [5.41, 5.74) is 5.69. The van der Waals surface area contributed by atoms with Crippen molar-refractivity contribution in [3.05, 3.63) is 61.2 Å². The Labute approximate surface area is 243 Å². The van der Waals surface area contributed by atoms with E-state index in [1.54, 1.807) is 24.3 Å². The van der Waals surface area contributed by atoms with Gasteiger partial charge in [0.2, 0.25) is 6.43 Å². The number of anilines is 1. The molecule has 4 atom stereocenters. The predicted octanol–water partition coefficient (Wildman–Crippen LogP) is 3.90. The van der Waals surface area contributed by atoms with Gasteiger partial charge >= 0.3 is 6.72 Å². The Morgan fingerprint density at radius 2 is 1.40 bits per heavy atom. The molecule has 0 spiro atoms. The van der Waals surface area contributed by atoms with Crippen molar-refractivity contribution in [2.24, 2.45) is 5.92 Å². The Bertz CT molecular complexity index is 1460. The molecule has 4 unspecified atom stereocenters. The van der Waals surface area contributed by atoms with Crippen molar-refractivity contribution in [2.45, 2.75) is 24.9 Å². The molecular weight excluding hydrogens is 602 g/mol. The number of benzene rings is 2. The average molecular weight is 630 g/mol. The molecule has 226 valence electrons. The van der Waals surface area contributed by atoms with E-state index in [1.807, 2.05) is 0 Å². The lowest BCUT2D eigenvalue weighted by atomic mass is 9.99. The minimum Gasteiger partial charge on any atom is -0.497 e. The second kappa shape index (κ2) is 13.5. The van der Waals surface area contributed by atoms with Crippen LogP contribution in [-0.4, -0.2) is 69.3 Å². The Balaban J connectivity index is 1.54. The van der Waals surface area contributed by atoms with Gasteiger partial charge in [-0.1, -0.05) is 0 Å². The number of aliphatic hydroxyl groups is 2. The Hall–Kier alpha value is -3.69. The zero-order chi connectivity index (χ0) is 30.4. The summed E-state index contributed by atoms with van der Waals surface area (Å²) in [7, 11) is 2.94. The van der Waals surface area contributed by atoms with Crippen LogP contribution < -0.4 is 24.3 Å². The molecule has 42 heavy (non-hydrogen) atoms. The monoisotopic (exact) mass is 629 g/mol. The number of nitrogens with zero attached hydrogens (tertiary/aromatic N) is 4. The summed E-state index contributed by atoms with van der Waals surface area (Å²) < 4.78 is 71.8.